The predicted octanol–water partition coefficient (Wildman–Crippen LogP) is 2.67. The van der Waals surface area contributed by atoms with Crippen LogP contribution in [0.2, 0.25) is 0 Å². The molecule has 0 aliphatic heterocycles. The van der Waals surface area contributed by atoms with E-state index in [9.17, 15) is 0 Å². The Hall–Kier alpha value is -0.610. The van der Waals surface area contributed by atoms with Gasteiger partial charge in [-0.2, -0.15) is 0 Å². The monoisotopic (exact) mass is 214 g/mol. The van der Waals surface area contributed by atoms with Crippen LogP contribution in [0.5, 0.6) is 0 Å². The SMILES string of the molecule is COCc1sc(NCC(C)C)nc1C. The van der Waals surface area contributed by atoms with Gasteiger partial charge in [-0.05, 0) is 12.8 Å². The summed E-state index contributed by atoms with van der Waals surface area (Å²) in [4.78, 5) is 5.64. The molecule has 0 unspecified atom stereocenters. The van der Waals surface area contributed by atoms with Gasteiger partial charge >= 0.3 is 0 Å². The zero-order chi connectivity index (χ0) is 10.6. The summed E-state index contributed by atoms with van der Waals surface area (Å²) in [7, 11) is 1.71. The van der Waals surface area contributed by atoms with Gasteiger partial charge in [-0.3, -0.25) is 0 Å². The molecular formula is C10H18N2OS. The smallest absolute Gasteiger partial charge is 0.183 e. The Bertz CT molecular complexity index is 284. The zero-order valence-corrected chi connectivity index (χ0v) is 10.1. The fraction of sp³-hybridized carbons (Fsp3) is 0.700. The molecule has 4 heteroatoms. The minimum Gasteiger partial charge on any atom is -0.379 e. The lowest BCUT2D eigenvalue weighted by atomic mass is 10.2. The number of nitrogens with one attached hydrogen (secondary N) is 1. The third kappa shape index (κ3) is 3.27. The largest absolute Gasteiger partial charge is 0.379 e. The highest BCUT2D eigenvalue weighted by Gasteiger charge is 2.06. The second-order valence-electron chi connectivity index (χ2n) is 3.74. The van der Waals surface area contributed by atoms with Crippen LogP contribution in [0, 0.1) is 12.8 Å². The highest BCUT2D eigenvalue weighted by atomic mass is 32.1. The molecule has 1 heterocycles. The third-order valence-corrected chi connectivity index (χ3v) is 2.92. The Morgan fingerprint density at radius 2 is 2.21 bits per heavy atom. The van der Waals surface area contributed by atoms with Gasteiger partial charge in [0.25, 0.3) is 0 Å². The maximum atomic E-state index is 5.09. The normalized spacial score (nSPS) is 10.9. The number of nitrogens with zero attached hydrogens (tertiary/aromatic N) is 1. The van der Waals surface area contributed by atoms with E-state index in [1.165, 1.54) is 4.88 Å². The first-order chi connectivity index (χ1) is 6.63. The second kappa shape index (κ2) is 5.32. The van der Waals surface area contributed by atoms with Gasteiger partial charge in [0.2, 0.25) is 0 Å². The molecule has 0 saturated carbocycles. The Kier molecular flexibility index (Phi) is 4.35. The molecule has 0 saturated heterocycles. The van der Waals surface area contributed by atoms with E-state index in [0.29, 0.717) is 12.5 Å². The summed E-state index contributed by atoms with van der Waals surface area (Å²) in [6, 6.07) is 0. The van der Waals surface area contributed by atoms with E-state index < -0.39 is 0 Å². The Balaban J connectivity index is 2.56. The van der Waals surface area contributed by atoms with Crippen molar-refractivity contribution >= 4 is 16.5 Å². The van der Waals surface area contributed by atoms with Gasteiger partial charge in [-0.15, -0.1) is 0 Å². The van der Waals surface area contributed by atoms with Crippen molar-refractivity contribution in [2.24, 2.45) is 5.92 Å². The number of methoxy groups -OCH3 is 1. The average molecular weight is 214 g/mol. The fourth-order valence-corrected chi connectivity index (χ4v) is 2.00. The Morgan fingerprint density at radius 1 is 1.50 bits per heavy atom. The zero-order valence-electron chi connectivity index (χ0n) is 9.26. The second-order valence-corrected chi connectivity index (χ2v) is 4.82. The lowest BCUT2D eigenvalue weighted by Crippen LogP contribution is -2.07. The molecular weight excluding hydrogens is 196 g/mol. The van der Waals surface area contributed by atoms with Gasteiger partial charge in [-0.25, -0.2) is 4.98 Å². The van der Waals surface area contributed by atoms with Crippen LogP contribution in [0.4, 0.5) is 5.13 Å². The molecule has 0 aromatic carbocycles. The van der Waals surface area contributed by atoms with Crippen molar-refractivity contribution in [1.82, 2.24) is 4.98 Å². The van der Waals surface area contributed by atoms with Crippen LogP contribution in [-0.2, 0) is 11.3 Å². The van der Waals surface area contributed by atoms with Gasteiger partial charge in [0.15, 0.2) is 5.13 Å². The number of hydrogen-bond acceptors (Lipinski definition) is 4. The van der Waals surface area contributed by atoms with Crippen molar-refractivity contribution in [2.75, 3.05) is 19.0 Å². The van der Waals surface area contributed by atoms with Crippen molar-refractivity contribution in [2.45, 2.75) is 27.4 Å². The number of aromatic nitrogens is 1. The summed E-state index contributed by atoms with van der Waals surface area (Å²) >= 11 is 1.68. The summed E-state index contributed by atoms with van der Waals surface area (Å²) in [5, 5.41) is 4.32. The topological polar surface area (TPSA) is 34.1 Å². The molecule has 1 rings (SSSR count). The summed E-state index contributed by atoms with van der Waals surface area (Å²) in [5.41, 5.74) is 1.07. The van der Waals surface area contributed by atoms with Gasteiger partial charge in [0, 0.05) is 13.7 Å². The first kappa shape index (κ1) is 11.5. The highest BCUT2D eigenvalue weighted by molar-refractivity contribution is 7.15. The van der Waals surface area contributed by atoms with Gasteiger partial charge < -0.3 is 10.1 Å². The van der Waals surface area contributed by atoms with Crippen molar-refractivity contribution in [3.63, 3.8) is 0 Å². The number of ether oxygens (including phenoxy) is 1. The number of hydrogen-bond donors (Lipinski definition) is 1. The lowest BCUT2D eigenvalue weighted by molar-refractivity contribution is 0.187. The van der Waals surface area contributed by atoms with Crippen LogP contribution in [0.15, 0.2) is 0 Å². The summed E-state index contributed by atoms with van der Waals surface area (Å²) in [6.45, 7) is 8.02. The molecule has 1 aromatic rings. The fourth-order valence-electron chi connectivity index (χ4n) is 1.06. The highest BCUT2D eigenvalue weighted by Crippen LogP contribution is 2.23. The molecule has 14 heavy (non-hydrogen) atoms. The molecule has 1 aromatic heterocycles. The number of thiazole rings is 1. The molecule has 1 N–H and O–H groups in total. The van der Waals surface area contributed by atoms with E-state index in [1.54, 1.807) is 18.4 Å². The van der Waals surface area contributed by atoms with Crippen LogP contribution in [-0.4, -0.2) is 18.6 Å². The van der Waals surface area contributed by atoms with Crippen LogP contribution in [0.1, 0.15) is 24.4 Å². The minimum absolute atomic E-state index is 0.644. The maximum Gasteiger partial charge on any atom is 0.183 e. The molecule has 0 atom stereocenters. The van der Waals surface area contributed by atoms with E-state index in [1.807, 2.05) is 6.92 Å². The predicted molar refractivity (Wildman–Crippen MR) is 60.9 cm³/mol. The van der Waals surface area contributed by atoms with Crippen LogP contribution < -0.4 is 5.32 Å². The minimum atomic E-state index is 0.644. The molecule has 0 amide bonds. The number of anilines is 1. The van der Waals surface area contributed by atoms with Crippen LogP contribution >= 0.6 is 11.3 Å². The van der Waals surface area contributed by atoms with E-state index in [4.69, 9.17) is 4.74 Å². The van der Waals surface area contributed by atoms with Crippen LogP contribution in [0.3, 0.4) is 0 Å². The Labute approximate surface area is 89.5 Å². The van der Waals surface area contributed by atoms with Gasteiger partial charge in [0.1, 0.15) is 0 Å². The molecule has 0 fully saturated rings. The van der Waals surface area contributed by atoms with Gasteiger partial charge in [0.05, 0.1) is 17.2 Å². The maximum absolute atomic E-state index is 5.09. The molecule has 80 valence electrons. The van der Waals surface area contributed by atoms with Crippen molar-refractivity contribution in [3.8, 4) is 0 Å². The molecule has 0 aliphatic rings. The molecule has 3 nitrogen and oxygen atoms in total. The van der Waals surface area contributed by atoms with Crippen molar-refractivity contribution in [1.29, 1.82) is 0 Å². The molecule has 0 spiro atoms. The van der Waals surface area contributed by atoms with E-state index >= 15 is 0 Å². The number of rotatable bonds is 5. The first-order valence-electron chi connectivity index (χ1n) is 4.82. The van der Waals surface area contributed by atoms with Crippen molar-refractivity contribution in [3.05, 3.63) is 10.6 Å². The lowest BCUT2D eigenvalue weighted by Gasteiger charge is -2.04. The van der Waals surface area contributed by atoms with E-state index in [0.717, 1.165) is 17.4 Å². The van der Waals surface area contributed by atoms with E-state index in [2.05, 4.69) is 24.1 Å². The molecule has 0 radical (unpaired) electrons. The number of aryl methyl sites for hydroxylation is 1. The summed E-state index contributed by atoms with van der Waals surface area (Å²) < 4.78 is 5.09. The Morgan fingerprint density at radius 3 is 2.79 bits per heavy atom. The average Bonchev–Trinajstić information content (AvgIpc) is 2.45. The van der Waals surface area contributed by atoms with Crippen molar-refractivity contribution < 1.29 is 4.74 Å². The summed E-state index contributed by atoms with van der Waals surface area (Å²) in [5.74, 6) is 0.644. The van der Waals surface area contributed by atoms with E-state index in [-0.39, 0.29) is 0 Å². The quantitative estimate of drug-likeness (QED) is 0.818. The first-order valence-corrected chi connectivity index (χ1v) is 5.64. The molecule has 0 bridgehead atoms. The summed E-state index contributed by atoms with van der Waals surface area (Å²) in [6.07, 6.45) is 0. The standard InChI is InChI=1S/C10H18N2OS/c1-7(2)5-11-10-12-8(3)9(14-10)6-13-4/h7H,5-6H2,1-4H3,(H,11,12). The third-order valence-electron chi connectivity index (χ3n) is 1.83. The van der Waals surface area contributed by atoms with Gasteiger partial charge in [-0.1, -0.05) is 25.2 Å². The molecule has 0 aliphatic carbocycles. The van der Waals surface area contributed by atoms with Crippen LogP contribution in [0.25, 0.3) is 0 Å².